The highest BCUT2D eigenvalue weighted by molar-refractivity contribution is 5.63. The Hall–Kier alpha value is -1.96. The van der Waals surface area contributed by atoms with Crippen molar-refractivity contribution in [3.05, 3.63) is 59.7 Å². The fourth-order valence-corrected chi connectivity index (χ4v) is 3.42. The van der Waals surface area contributed by atoms with Gasteiger partial charge >= 0.3 is 0 Å². The second-order valence-corrected chi connectivity index (χ2v) is 6.69. The van der Waals surface area contributed by atoms with Gasteiger partial charge in [-0.05, 0) is 44.4 Å². The van der Waals surface area contributed by atoms with E-state index in [1.54, 1.807) is 0 Å². The Kier molecular flexibility index (Phi) is 3.86. The average molecular weight is 295 g/mol. The number of benzene rings is 2. The van der Waals surface area contributed by atoms with E-state index in [4.69, 9.17) is 4.74 Å². The van der Waals surface area contributed by atoms with Gasteiger partial charge in [0.2, 0.25) is 0 Å². The number of rotatable bonds is 3. The third-order valence-electron chi connectivity index (χ3n) is 4.86. The van der Waals surface area contributed by atoms with Crippen LogP contribution in [0.15, 0.2) is 48.5 Å². The Bertz CT molecular complexity index is 648. The first-order chi connectivity index (χ1) is 10.5. The first kappa shape index (κ1) is 15.0. The van der Waals surface area contributed by atoms with E-state index in [0.717, 1.165) is 12.2 Å². The molecule has 0 fully saturated rings. The zero-order valence-electron chi connectivity index (χ0n) is 14.0. The number of ether oxygens (including phenoxy) is 1. The van der Waals surface area contributed by atoms with Gasteiger partial charge in [0.1, 0.15) is 5.75 Å². The van der Waals surface area contributed by atoms with Gasteiger partial charge in [-0.15, -0.1) is 0 Å². The van der Waals surface area contributed by atoms with Gasteiger partial charge in [0.05, 0.1) is 6.61 Å². The number of nitrogens with zero attached hydrogens (tertiary/aromatic N) is 1. The molecule has 2 aromatic carbocycles. The van der Waals surface area contributed by atoms with Gasteiger partial charge in [0.15, 0.2) is 0 Å². The molecular formula is C20H25NO. The quantitative estimate of drug-likeness (QED) is 0.803. The Morgan fingerprint density at radius 2 is 1.86 bits per heavy atom. The zero-order valence-corrected chi connectivity index (χ0v) is 14.0. The number of anilines is 1. The van der Waals surface area contributed by atoms with Crippen molar-refractivity contribution in [3.63, 3.8) is 0 Å². The maximum Gasteiger partial charge on any atom is 0.121 e. The Labute approximate surface area is 133 Å². The summed E-state index contributed by atoms with van der Waals surface area (Å²) >= 11 is 0. The molecule has 1 unspecified atom stereocenters. The minimum Gasteiger partial charge on any atom is -0.494 e. The topological polar surface area (TPSA) is 12.5 Å². The van der Waals surface area contributed by atoms with E-state index in [9.17, 15) is 0 Å². The first-order valence-electron chi connectivity index (χ1n) is 8.08. The van der Waals surface area contributed by atoms with Crippen LogP contribution < -0.4 is 9.64 Å². The van der Waals surface area contributed by atoms with Crippen molar-refractivity contribution in [2.75, 3.05) is 18.6 Å². The highest BCUT2D eigenvalue weighted by atomic mass is 16.5. The second kappa shape index (κ2) is 5.68. The monoisotopic (exact) mass is 295 g/mol. The largest absolute Gasteiger partial charge is 0.494 e. The van der Waals surface area contributed by atoms with Crippen molar-refractivity contribution >= 4 is 5.69 Å². The van der Waals surface area contributed by atoms with Gasteiger partial charge in [0, 0.05) is 30.3 Å². The number of fused-ring (bicyclic) bond motifs is 1. The van der Waals surface area contributed by atoms with Gasteiger partial charge < -0.3 is 9.64 Å². The highest BCUT2D eigenvalue weighted by Gasteiger charge is 2.36. The lowest BCUT2D eigenvalue weighted by Crippen LogP contribution is -2.46. The average Bonchev–Trinajstić information content (AvgIpc) is 2.52. The number of hydrogen-bond donors (Lipinski definition) is 0. The molecule has 22 heavy (non-hydrogen) atoms. The summed E-state index contributed by atoms with van der Waals surface area (Å²) in [6, 6.07) is 17.4. The summed E-state index contributed by atoms with van der Waals surface area (Å²) in [4.78, 5) is 2.39. The van der Waals surface area contributed by atoms with E-state index in [2.05, 4.69) is 74.3 Å². The minimum absolute atomic E-state index is 0.123. The van der Waals surface area contributed by atoms with Crippen LogP contribution in [0.25, 0.3) is 0 Å². The van der Waals surface area contributed by atoms with Crippen molar-refractivity contribution in [2.45, 2.75) is 38.6 Å². The lowest BCUT2D eigenvalue weighted by molar-refractivity contribution is 0.339. The summed E-state index contributed by atoms with van der Waals surface area (Å²) in [5.74, 6) is 1.40. The van der Waals surface area contributed by atoms with Crippen LogP contribution in [0.2, 0.25) is 0 Å². The molecule has 1 atom stereocenters. The predicted molar refractivity (Wildman–Crippen MR) is 93.0 cm³/mol. The molecule has 0 saturated heterocycles. The van der Waals surface area contributed by atoms with Crippen LogP contribution in [0.3, 0.4) is 0 Å². The lowest BCUT2D eigenvalue weighted by Gasteiger charge is -2.46. The number of hydrogen-bond acceptors (Lipinski definition) is 2. The van der Waals surface area contributed by atoms with Gasteiger partial charge in [-0.1, -0.05) is 36.4 Å². The van der Waals surface area contributed by atoms with Crippen molar-refractivity contribution in [1.29, 1.82) is 0 Å². The Morgan fingerprint density at radius 1 is 1.14 bits per heavy atom. The van der Waals surface area contributed by atoms with Crippen LogP contribution in [0.5, 0.6) is 5.75 Å². The lowest BCUT2D eigenvalue weighted by atomic mass is 9.76. The molecule has 0 amide bonds. The molecule has 0 N–H and O–H groups in total. The second-order valence-electron chi connectivity index (χ2n) is 6.69. The molecule has 0 aliphatic carbocycles. The van der Waals surface area contributed by atoms with Crippen LogP contribution in [0, 0.1) is 0 Å². The van der Waals surface area contributed by atoms with Crippen molar-refractivity contribution in [1.82, 2.24) is 0 Å². The first-order valence-corrected chi connectivity index (χ1v) is 8.08. The van der Waals surface area contributed by atoms with Gasteiger partial charge in [0.25, 0.3) is 0 Å². The summed E-state index contributed by atoms with van der Waals surface area (Å²) in [5, 5.41) is 0. The van der Waals surface area contributed by atoms with E-state index < -0.39 is 0 Å². The predicted octanol–water partition coefficient (Wildman–Crippen LogP) is 4.84. The fraction of sp³-hybridized carbons (Fsp3) is 0.400. The smallest absolute Gasteiger partial charge is 0.121 e. The van der Waals surface area contributed by atoms with Crippen molar-refractivity contribution in [2.24, 2.45) is 0 Å². The SMILES string of the molecule is CCOc1ccc2c(c1)N(C)C(C)(C)CC2c1ccccc1. The zero-order chi connectivity index (χ0) is 15.7. The third kappa shape index (κ3) is 2.58. The summed E-state index contributed by atoms with van der Waals surface area (Å²) in [5.41, 5.74) is 4.21. The molecule has 0 spiro atoms. The maximum absolute atomic E-state index is 5.70. The van der Waals surface area contributed by atoms with Crippen LogP contribution in [0.4, 0.5) is 5.69 Å². The van der Waals surface area contributed by atoms with Crippen LogP contribution in [-0.4, -0.2) is 19.2 Å². The van der Waals surface area contributed by atoms with E-state index in [0.29, 0.717) is 12.5 Å². The molecule has 2 heteroatoms. The van der Waals surface area contributed by atoms with E-state index in [1.165, 1.54) is 16.8 Å². The summed E-state index contributed by atoms with van der Waals surface area (Å²) < 4.78 is 5.70. The molecule has 0 saturated carbocycles. The van der Waals surface area contributed by atoms with E-state index in [1.807, 2.05) is 6.92 Å². The third-order valence-corrected chi connectivity index (χ3v) is 4.86. The summed E-state index contributed by atoms with van der Waals surface area (Å²) in [6.45, 7) is 7.37. The van der Waals surface area contributed by atoms with Crippen LogP contribution >= 0.6 is 0 Å². The normalized spacial score (nSPS) is 19.6. The van der Waals surface area contributed by atoms with Crippen LogP contribution in [0.1, 0.15) is 44.2 Å². The molecule has 3 rings (SSSR count). The standard InChI is InChI=1S/C20H25NO/c1-5-22-16-11-12-17-18(15-9-7-6-8-10-15)14-20(2,3)21(4)19(17)13-16/h6-13,18H,5,14H2,1-4H3. The van der Waals surface area contributed by atoms with Crippen molar-refractivity contribution < 1.29 is 4.74 Å². The Balaban J connectivity index is 2.10. The molecule has 1 aliphatic rings. The molecule has 0 bridgehead atoms. The maximum atomic E-state index is 5.70. The molecule has 116 valence electrons. The fourth-order valence-electron chi connectivity index (χ4n) is 3.42. The molecule has 0 aromatic heterocycles. The molecule has 2 aromatic rings. The molecule has 1 aliphatic heterocycles. The van der Waals surface area contributed by atoms with Gasteiger partial charge in [-0.25, -0.2) is 0 Å². The van der Waals surface area contributed by atoms with E-state index >= 15 is 0 Å². The van der Waals surface area contributed by atoms with Gasteiger partial charge in [-0.2, -0.15) is 0 Å². The van der Waals surface area contributed by atoms with Crippen molar-refractivity contribution in [3.8, 4) is 5.75 Å². The van der Waals surface area contributed by atoms with Crippen LogP contribution in [-0.2, 0) is 0 Å². The molecular weight excluding hydrogens is 270 g/mol. The van der Waals surface area contributed by atoms with Gasteiger partial charge in [-0.3, -0.25) is 0 Å². The Morgan fingerprint density at radius 3 is 2.55 bits per heavy atom. The molecule has 2 nitrogen and oxygen atoms in total. The van der Waals surface area contributed by atoms with E-state index in [-0.39, 0.29) is 5.54 Å². The molecule has 1 heterocycles. The highest BCUT2D eigenvalue weighted by Crippen LogP contribution is 2.46. The minimum atomic E-state index is 0.123. The summed E-state index contributed by atoms with van der Waals surface area (Å²) in [7, 11) is 2.19. The molecule has 0 radical (unpaired) electrons. The summed E-state index contributed by atoms with van der Waals surface area (Å²) in [6.07, 6.45) is 1.12.